The van der Waals surface area contributed by atoms with Crippen molar-refractivity contribution in [3.8, 4) is 0 Å². The molecule has 90 valence electrons. The van der Waals surface area contributed by atoms with Crippen molar-refractivity contribution in [2.45, 2.75) is 34.1 Å². The largest absolute Gasteiger partial charge is 0.469 e. The van der Waals surface area contributed by atoms with E-state index in [9.17, 15) is 4.79 Å². The van der Waals surface area contributed by atoms with Crippen LogP contribution in [0.3, 0.4) is 0 Å². The van der Waals surface area contributed by atoms with Gasteiger partial charge in [-0.15, -0.1) is 0 Å². The number of ether oxygens (including phenoxy) is 1. The van der Waals surface area contributed by atoms with Gasteiger partial charge in [-0.2, -0.15) is 0 Å². The molecule has 1 aromatic heterocycles. The van der Waals surface area contributed by atoms with E-state index in [0.717, 1.165) is 5.69 Å². The third kappa shape index (κ3) is 4.43. The predicted molar refractivity (Wildman–Crippen MR) is 65.1 cm³/mol. The zero-order chi connectivity index (χ0) is 12.6. The van der Waals surface area contributed by atoms with Crippen LogP contribution in [0.25, 0.3) is 0 Å². The molecular formula is C13H21NO2. The number of methoxy groups -OCH3 is 1. The molecule has 0 saturated carbocycles. The van der Waals surface area contributed by atoms with Gasteiger partial charge in [-0.05, 0) is 26.0 Å². The molecule has 0 bridgehead atoms. The van der Waals surface area contributed by atoms with Gasteiger partial charge in [0.25, 0.3) is 0 Å². The summed E-state index contributed by atoms with van der Waals surface area (Å²) in [6.07, 6.45) is 2.32. The van der Waals surface area contributed by atoms with Gasteiger partial charge in [0.05, 0.1) is 12.5 Å². The topological polar surface area (TPSA) is 39.2 Å². The Kier molecular flexibility index (Phi) is 6.38. The first kappa shape index (κ1) is 14.6. The van der Waals surface area contributed by atoms with E-state index in [4.69, 9.17) is 4.74 Å². The fourth-order valence-electron chi connectivity index (χ4n) is 1.30. The molecule has 16 heavy (non-hydrogen) atoms. The zero-order valence-electron chi connectivity index (χ0n) is 10.8. The van der Waals surface area contributed by atoms with Crippen LogP contribution in [0.15, 0.2) is 24.4 Å². The Balaban J connectivity index is 0.00000106. The number of carbonyl (C=O) groups is 1. The van der Waals surface area contributed by atoms with Crippen LogP contribution in [-0.4, -0.2) is 18.1 Å². The number of carbonyl (C=O) groups excluding carboxylic acids is 1. The molecule has 0 spiro atoms. The molecule has 0 amide bonds. The van der Waals surface area contributed by atoms with Crippen LogP contribution in [0, 0.1) is 5.41 Å². The van der Waals surface area contributed by atoms with Crippen LogP contribution in [0.4, 0.5) is 0 Å². The average Bonchev–Trinajstić information content (AvgIpc) is 2.31. The van der Waals surface area contributed by atoms with Crippen LogP contribution >= 0.6 is 0 Å². The maximum Gasteiger partial charge on any atom is 0.311 e. The van der Waals surface area contributed by atoms with E-state index in [2.05, 4.69) is 4.98 Å². The number of nitrogens with zero attached hydrogens (tertiary/aromatic N) is 1. The second-order valence-electron chi connectivity index (χ2n) is 3.87. The molecule has 0 radical (unpaired) electrons. The molecule has 0 aliphatic rings. The first-order valence-corrected chi connectivity index (χ1v) is 5.54. The Morgan fingerprint density at radius 2 is 2.00 bits per heavy atom. The van der Waals surface area contributed by atoms with Gasteiger partial charge in [0, 0.05) is 18.3 Å². The van der Waals surface area contributed by atoms with Crippen LogP contribution in [0.5, 0.6) is 0 Å². The highest BCUT2D eigenvalue weighted by Gasteiger charge is 2.29. The summed E-state index contributed by atoms with van der Waals surface area (Å²) in [5.74, 6) is -0.205. The monoisotopic (exact) mass is 223 g/mol. The fourth-order valence-corrected chi connectivity index (χ4v) is 1.30. The summed E-state index contributed by atoms with van der Waals surface area (Å²) in [5.41, 5.74) is 0.395. The van der Waals surface area contributed by atoms with E-state index in [1.807, 2.05) is 45.9 Å². The molecule has 0 N–H and O–H groups in total. The Morgan fingerprint density at radius 1 is 1.38 bits per heavy atom. The molecule has 0 aromatic carbocycles. The lowest BCUT2D eigenvalue weighted by atomic mass is 9.88. The van der Waals surface area contributed by atoms with Crippen LogP contribution < -0.4 is 0 Å². The smallest absolute Gasteiger partial charge is 0.311 e. The van der Waals surface area contributed by atoms with E-state index < -0.39 is 5.41 Å². The number of pyridine rings is 1. The standard InChI is InChI=1S/C11H15NO2.C2H6/c1-11(2,10(13)14-3)8-9-6-4-5-7-12-9;1-2/h4-7H,8H2,1-3H3;1-2H3. The highest BCUT2D eigenvalue weighted by Crippen LogP contribution is 2.21. The third-order valence-corrected chi connectivity index (χ3v) is 2.09. The van der Waals surface area contributed by atoms with Crippen molar-refractivity contribution >= 4 is 5.97 Å². The van der Waals surface area contributed by atoms with Gasteiger partial charge in [0.1, 0.15) is 0 Å². The summed E-state index contributed by atoms with van der Waals surface area (Å²) in [5, 5.41) is 0. The molecule has 3 nitrogen and oxygen atoms in total. The highest BCUT2D eigenvalue weighted by molar-refractivity contribution is 5.76. The minimum Gasteiger partial charge on any atom is -0.469 e. The predicted octanol–water partition coefficient (Wildman–Crippen LogP) is 2.85. The van der Waals surface area contributed by atoms with Crippen molar-refractivity contribution < 1.29 is 9.53 Å². The molecule has 0 fully saturated rings. The van der Waals surface area contributed by atoms with Gasteiger partial charge in [-0.3, -0.25) is 9.78 Å². The Hall–Kier alpha value is -1.38. The van der Waals surface area contributed by atoms with E-state index in [1.54, 1.807) is 6.20 Å². The molecule has 0 saturated heterocycles. The summed E-state index contributed by atoms with van der Waals surface area (Å²) in [4.78, 5) is 15.6. The first-order chi connectivity index (χ1) is 7.56. The van der Waals surface area contributed by atoms with Crippen LogP contribution in [0.1, 0.15) is 33.4 Å². The number of aromatic nitrogens is 1. The van der Waals surface area contributed by atoms with Gasteiger partial charge in [0.2, 0.25) is 0 Å². The summed E-state index contributed by atoms with van der Waals surface area (Å²) in [7, 11) is 1.41. The molecule has 0 aliphatic carbocycles. The van der Waals surface area contributed by atoms with Gasteiger partial charge in [0.15, 0.2) is 0 Å². The van der Waals surface area contributed by atoms with Crippen molar-refractivity contribution in [3.63, 3.8) is 0 Å². The summed E-state index contributed by atoms with van der Waals surface area (Å²) >= 11 is 0. The zero-order valence-corrected chi connectivity index (χ0v) is 10.8. The van der Waals surface area contributed by atoms with Crippen LogP contribution in [0.2, 0.25) is 0 Å². The second-order valence-corrected chi connectivity index (χ2v) is 3.87. The molecule has 1 aromatic rings. The molecule has 1 rings (SSSR count). The normalized spacial score (nSPS) is 10.1. The van der Waals surface area contributed by atoms with Gasteiger partial charge in [-0.1, -0.05) is 19.9 Å². The lowest BCUT2D eigenvalue weighted by Gasteiger charge is -2.20. The maximum absolute atomic E-state index is 11.4. The molecule has 0 unspecified atom stereocenters. The van der Waals surface area contributed by atoms with Crippen molar-refractivity contribution in [3.05, 3.63) is 30.1 Å². The van der Waals surface area contributed by atoms with Crippen LogP contribution in [-0.2, 0) is 16.0 Å². The van der Waals surface area contributed by atoms with E-state index in [1.165, 1.54) is 7.11 Å². The quantitative estimate of drug-likeness (QED) is 0.740. The van der Waals surface area contributed by atoms with Gasteiger partial charge >= 0.3 is 5.97 Å². The summed E-state index contributed by atoms with van der Waals surface area (Å²) in [6, 6.07) is 5.68. The maximum atomic E-state index is 11.4. The summed E-state index contributed by atoms with van der Waals surface area (Å²) in [6.45, 7) is 7.71. The second kappa shape index (κ2) is 6.99. The lowest BCUT2D eigenvalue weighted by Crippen LogP contribution is -2.28. The van der Waals surface area contributed by atoms with Gasteiger partial charge < -0.3 is 4.74 Å². The third-order valence-electron chi connectivity index (χ3n) is 2.09. The highest BCUT2D eigenvalue weighted by atomic mass is 16.5. The van der Waals surface area contributed by atoms with Gasteiger partial charge in [-0.25, -0.2) is 0 Å². The number of hydrogen-bond donors (Lipinski definition) is 0. The fraction of sp³-hybridized carbons (Fsp3) is 0.538. The first-order valence-electron chi connectivity index (χ1n) is 5.54. The number of rotatable bonds is 3. The van der Waals surface area contributed by atoms with E-state index >= 15 is 0 Å². The van der Waals surface area contributed by atoms with E-state index in [0.29, 0.717) is 6.42 Å². The SMILES string of the molecule is CC.COC(=O)C(C)(C)Cc1ccccn1. The Morgan fingerprint density at radius 3 is 2.44 bits per heavy atom. The van der Waals surface area contributed by atoms with Crippen molar-refractivity contribution in [2.24, 2.45) is 5.41 Å². The lowest BCUT2D eigenvalue weighted by molar-refractivity contribution is -0.150. The Bertz CT molecular complexity index is 307. The molecule has 0 aliphatic heterocycles. The summed E-state index contributed by atoms with van der Waals surface area (Å²) < 4.78 is 4.72. The minimum absolute atomic E-state index is 0.205. The minimum atomic E-state index is -0.511. The van der Waals surface area contributed by atoms with E-state index in [-0.39, 0.29) is 5.97 Å². The number of hydrogen-bond acceptors (Lipinski definition) is 3. The number of esters is 1. The molecule has 1 heterocycles. The molecular weight excluding hydrogens is 202 g/mol. The average molecular weight is 223 g/mol. The Labute approximate surface area is 97.9 Å². The molecule has 0 atom stereocenters. The van der Waals surface area contributed by atoms with Crippen molar-refractivity contribution in [1.29, 1.82) is 0 Å². The van der Waals surface area contributed by atoms with Crippen molar-refractivity contribution in [1.82, 2.24) is 4.98 Å². The van der Waals surface area contributed by atoms with Crippen molar-refractivity contribution in [2.75, 3.05) is 7.11 Å². The molecule has 3 heteroatoms.